The van der Waals surface area contributed by atoms with Crippen molar-refractivity contribution in [3.8, 4) is 23.0 Å². The minimum Gasteiger partial charge on any atom is -0.315 e. The fourth-order valence-corrected chi connectivity index (χ4v) is 3.44. The van der Waals surface area contributed by atoms with Gasteiger partial charge in [0.25, 0.3) is 11.5 Å². The first-order valence-electron chi connectivity index (χ1n) is 9.87. The number of carbonyl (C=O) groups is 1. The first-order valence-corrected chi connectivity index (χ1v) is 9.87. The topological polar surface area (TPSA) is 108 Å². The molecule has 4 rings (SSSR count). The number of rotatable bonds is 5. The molecule has 8 heteroatoms. The number of hydrogen-bond donors (Lipinski definition) is 2. The molecule has 158 valence electrons. The third-order valence-corrected chi connectivity index (χ3v) is 5.19. The van der Waals surface area contributed by atoms with Gasteiger partial charge in [-0.2, -0.15) is 10.4 Å². The minimum absolute atomic E-state index is 0.123. The number of hydrogen-bond acceptors (Lipinski definition) is 4. The van der Waals surface area contributed by atoms with Crippen molar-refractivity contribution < 1.29 is 4.79 Å². The highest BCUT2D eigenvalue weighted by Gasteiger charge is 2.20. The van der Waals surface area contributed by atoms with Gasteiger partial charge in [-0.05, 0) is 25.1 Å². The number of nitrogens with zero attached hydrogens (tertiary/aromatic N) is 4. The molecule has 1 amide bonds. The van der Waals surface area contributed by atoms with E-state index in [2.05, 4.69) is 15.5 Å². The van der Waals surface area contributed by atoms with Crippen LogP contribution in [0.2, 0.25) is 0 Å². The number of H-pyrrole nitrogens is 1. The lowest BCUT2D eigenvalue weighted by Crippen LogP contribution is -2.23. The lowest BCUT2D eigenvalue weighted by atomic mass is 10.1. The van der Waals surface area contributed by atoms with Crippen LogP contribution in [-0.2, 0) is 11.8 Å². The summed E-state index contributed by atoms with van der Waals surface area (Å²) in [7, 11) is 1.73. The van der Waals surface area contributed by atoms with Gasteiger partial charge in [-0.3, -0.25) is 19.4 Å². The number of amides is 1. The van der Waals surface area contributed by atoms with E-state index in [0.717, 1.165) is 5.56 Å². The summed E-state index contributed by atoms with van der Waals surface area (Å²) < 4.78 is 3.12. The molecule has 2 heterocycles. The van der Waals surface area contributed by atoms with E-state index < -0.39 is 5.91 Å². The number of nitriles is 1. The van der Waals surface area contributed by atoms with E-state index in [-0.39, 0.29) is 16.8 Å². The highest BCUT2D eigenvalue weighted by Crippen LogP contribution is 2.23. The number of aromatic amines is 1. The molecule has 2 aromatic heterocycles. The Kier molecular flexibility index (Phi) is 5.55. The van der Waals surface area contributed by atoms with Crippen LogP contribution >= 0.6 is 0 Å². The largest absolute Gasteiger partial charge is 0.315 e. The third kappa shape index (κ3) is 3.75. The predicted molar refractivity (Wildman–Crippen MR) is 122 cm³/mol. The Hall–Kier alpha value is -4.64. The molecular weight excluding hydrogens is 404 g/mol. The molecule has 0 fully saturated rings. The number of aromatic nitrogens is 4. The van der Waals surface area contributed by atoms with Crippen molar-refractivity contribution in [2.75, 3.05) is 5.32 Å². The van der Waals surface area contributed by atoms with Gasteiger partial charge in [0.2, 0.25) is 0 Å². The number of carbonyl (C=O) groups excluding carboxylic acids is 1. The molecule has 8 nitrogen and oxygen atoms in total. The highest BCUT2D eigenvalue weighted by molar-refractivity contribution is 6.10. The standard InChI is InChI=1S/C24H20N6O2/c1-16-21(24(32)30(29(16)2)20-11-7-4-8-12-20)27-23(31)18(14-25)13-19-15-26-28-22(19)17-9-5-3-6-10-17/h3-13,15H,1-2H3,(H,26,28)(H,27,31). The van der Waals surface area contributed by atoms with Crippen molar-refractivity contribution in [1.82, 2.24) is 19.6 Å². The molecule has 0 aliphatic carbocycles. The Labute approximate surface area is 184 Å². The van der Waals surface area contributed by atoms with E-state index in [1.165, 1.54) is 10.8 Å². The summed E-state index contributed by atoms with van der Waals surface area (Å²) in [6.45, 7) is 1.73. The quantitative estimate of drug-likeness (QED) is 0.378. The monoisotopic (exact) mass is 424 g/mol. The van der Waals surface area contributed by atoms with Crippen molar-refractivity contribution in [3.63, 3.8) is 0 Å². The van der Waals surface area contributed by atoms with Gasteiger partial charge in [0.15, 0.2) is 0 Å². The Morgan fingerprint density at radius 3 is 2.44 bits per heavy atom. The van der Waals surface area contributed by atoms with Gasteiger partial charge in [0.05, 0.1) is 23.3 Å². The van der Waals surface area contributed by atoms with E-state index in [4.69, 9.17) is 0 Å². The maximum Gasteiger partial charge on any atom is 0.295 e. The summed E-state index contributed by atoms with van der Waals surface area (Å²) in [5.41, 5.74) is 3.00. The van der Waals surface area contributed by atoms with Gasteiger partial charge >= 0.3 is 0 Å². The number of benzene rings is 2. The molecule has 0 aliphatic heterocycles. The lowest BCUT2D eigenvalue weighted by molar-refractivity contribution is -0.112. The van der Waals surface area contributed by atoms with E-state index in [1.54, 1.807) is 37.0 Å². The normalized spacial score (nSPS) is 11.2. The fraction of sp³-hybridized carbons (Fsp3) is 0.0833. The second-order valence-corrected chi connectivity index (χ2v) is 7.13. The van der Waals surface area contributed by atoms with Crippen molar-refractivity contribution >= 4 is 17.7 Å². The number of anilines is 1. The van der Waals surface area contributed by atoms with Gasteiger partial charge in [0.1, 0.15) is 17.3 Å². The van der Waals surface area contributed by atoms with E-state index in [9.17, 15) is 14.9 Å². The first-order chi connectivity index (χ1) is 15.5. The summed E-state index contributed by atoms with van der Waals surface area (Å²) in [6, 6.07) is 20.5. The average Bonchev–Trinajstić information content (AvgIpc) is 3.37. The van der Waals surface area contributed by atoms with Gasteiger partial charge < -0.3 is 5.32 Å². The van der Waals surface area contributed by atoms with Crippen molar-refractivity contribution in [2.45, 2.75) is 6.92 Å². The fourth-order valence-electron chi connectivity index (χ4n) is 3.44. The number of para-hydroxylation sites is 1. The van der Waals surface area contributed by atoms with E-state index >= 15 is 0 Å². The second kappa shape index (κ2) is 8.62. The van der Waals surface area contributed by atoms with Crippen LogP contribution in [0, 0.1) is 18.3 Å². The summed E-state index contributed by atoms with van der Waals surface area (Å²) in [5.74, 6) is -0.668. The molecule has 0 aliphatic rings. The molecular formula is C24H20N6O2. The summed E-state index contributed by atoms with van der Waals surface area (Å²) in [5, 5.41) is 19.2. The van der Waals surface area contributed by atoms with E-state index in [1.807, 2.05) is 54.6 Å². The molecule has 0 bridgehead atoms. The Morgan fingerprint density at radius 2 is 1.78 bits per heavy atom. The molecule has 0 radical (unpaired) electrons. The molecule has 0 atom stereocenters. The summed E-state index contributed by atoms with van der Waals surface area (Å²) in [4.78, 5) is 25.9. The van der Waals surface area contributed by atoms with Gasteiger partial charge in [-0.25, -0.2) is 4.68 Å². The molecule has 2 aromatic carbocycles. The van der Waals surface area contributed by atoms with Crippen LogP contribution in [0.25, 0.3) is 23.0 Å². The van der Waals surface area contributed by atoms with Crippen LogP contribution < -0.4 is 10.9 Å². The minimum atomic E-state index is -0.668. The highest BCUT2D eigenvalue weighted by atomic mass is 16.2. The molecule has 0 spiro atoms. The summed E-state index contributed by atoms with van der Waals surface area (Å²) >= 11 is 0. The van der Waals surface area contributed by atoms with Crippen LogP contribution in [0.4, 0.5) is 5.69 Å². The molecule has 0 saturated carbocycles. The van der Waals surface area contributed by atoms with E-state index in [0.29, 0.717) is 22.6 Å². The SMILES string of the molecule is Cc1c(NC(=O)C(C#N)=Cc2cn[nH]c2-c2ccccc2)c(=O)n(-c2ccccc2)n1C. The van der Waals surface area contributed by atoms with Crippen molar-refractivity contribution in [3.05, 3.63) is 94.0 Å². The Morgan fingerprint density at radius 1 is 1.12 bits per heavy atom. The van der Waals surface area contributed by atoms with Gasteiger partial charge in [-0.15, -0.1) is 0 Å². The zero-order chi connectivity index (χ0) is 22.7. The van der Waals surface area contributed by atoms with Gasteiger partial charge in [-0.1, -0.05) is 48.5 Å². The molecule has 32 heavy (non-hydrogen) atoms. The third-order valence-electron chi connectivity index (χ3n) is 5.19. The van der Waals surface area contributed by atoms with Crippen molar-refractivity contribution in [2.24, 2.45) is 7.05 Å². The maximum atomic E-state index is 13.0. The molecule has 4 aromatic rings. The maximum absolute atomic E-state index is 13.0. The Bertz CT molecular complexity index is 1400. The average molecular weight is 424 g/mol. The zero-order valence-corrected chi connectivity index (χ0v) is 17.5. The Balaban J connectivity index is 1.67. The lowest BCUT2D eigenvalue weighted by Gasteiger charge is -2.07. The number of nitrogens with one attached hydrogen (secondary N) is 2. The van der Waals surface area contributed by atoms with Crippen LogP contribution in [0.15, 0.2) is 77.2 Å². The van der Waals surface area contributed by atoms with Crippen molar-refractivity contribution in [1.29, 1.82) is 5.26 Å². The van der Waals surface area contributed by atoms with Crippen LogP contribution in [0.5, 0.6) is 0 Å². The summed E-state index contributed by atoms with van der Waals surface area (Å²) in [6.07, 6.45) is 3.00. The second-order valence-electron chi connectivity index (χ2n) is 7.13. The van der Waals surface area contributed by atoms with Crippen LogP contribution in [-0.4, -0.2) is 25.5 Å². The molecule has 0 unspecified atom stereocenters. The zero-order valence-electron chi connectivity index (χ0n) is 17.5. The first kappa shape index (κ1) is 20.6. The molecule has 0 saturated heterocycles. The van der Waals surface area contributed by atoms with Crippen LogP contribution in [0.1, 0.15) is 11.3 Å². The van der Waals surface area contributed by atoms with Crippen LogP contribution in [0.3, 0.4) is 0 Å². The van der Waals surface area contributed by atoms with Gasteiger partial charge in [0, 0.05) is 18.2 Å². The smallest absolute Gasteiger partial charge is 0.295 e. The predicted octanol–water partition coefficient (Wildman–Crippen LogP) is 3.42. The molecule has 2 N–H and O–H groups in total.